The SMILES string of the molecule is COc1ccc(Cl)cc1C(=O)NC[C@@H](O)c1ccc(N(C)C)cc1. The normalized spacial score (nSPS) is 11.7. The molecule has 0 radical (unpaired) electrons. The van der Waals surface area contributed by atoms with Crippen molar-refractivity contribution >= 4 is 23.2 Å². The van der Waals surface area contributed by atoms with Gasteiger partial charge < -0.3 is 20.1 Å². The van der Waals surface area contributed by atoms with Gasteiger partial charge in [-0.05, 0) is 35.9 Å². The highest BCUT2D eigenvalue weighted by molar-refractivity contribution is 6.31. The maximum absolute atomic E-state index is 12.3. The van der Waals surface area contributed by atoms with E-state index in [2.05, 4.69) is 5.32 Å². The number of benzene rings is 2. The number of amides is 1. The fourth-order valence-electron chi connectivity index (χ4n) is 2.25. The van der Waals surface area contributed by atoms with Gasteiger partial charge in [0.05, 0.1) is 18.8 Å². The first-order valence-electron chi connectivity index (χ1n) is 7.49. The number of ether oxygens (including phenoxy) is 1. The van der Waals surface area contributed by atoms with Gasteiger partial charge in [0.1, 0.15) is 5.75 Å². The van der Waals surface area contributed by atoms with Crippen LogP contribution in [0.1, 0.15) is 22.0 Å². The minimum Gasteiger partial charge on any atom is -0.496 e. The second kappa shape index (κ2) is 8.04. The molecule has 0 heterocycles. The lowest BCUT2D eigenvalue weighted by atomic mass is 10.1. The smallest absolute Gasteiger partial charge is 0.255 e. The number of aliphatic hydroxyl groups is 1. The number of aliphatic hydroxyl groups excluding tert-OH is 1. The molecular formula is C18H21ClN2O3. The van der Waals surface area contributed by atoms with E-state index < -0.39 is 6.10 Å². The summed E-state index contributed by atoms with van der Waals surface area (Å²) < 4.78 is 5.16. The van der Waals surface area contributed by atoms with Crippen molar-refractivity contribution in [2.75, 3.05) is 32.6 Å². The number of carbonyl (C=O) groups is 1. The fourth-order valence-corrected chi connectivity index (χ4v) is 2.43. The highest BCUT2D eigenvalue weighted by Gasteiger charge is 2.15. The van der Waals surface area contributed by atoms with Crippen LogP contribution in [0.4, 0.5) is 5.69 Å². The van der Waals surface area contributed by atoms with Crippen LogP contribution in [-0.4, -0.2) is 38.8 Å². The van der Waals surface area contributed by atoms with E-state index in [1.165, 1.54) is 13.2 Å². The molecule has 0 spiro atoms. The number of nitrogens with one attached hydrogen (secondary N) is 1. The van der Waals surface area contributed by atoms with Crippen LogP contribution < -0.4 is 15.0 Å². The molecule has 0 saturated carbocycles. The molecule has 0 unspecified atom stereocenters. The zero-order valence-corrected chi connectivity index (χ0v) is 14.7. The standard InChI is InChI=1S/C18H21ClN2O3/c1-21(2)14-7-4-12(5-8-14)16(22)11-20-18(23)15-10-13(19)6-9-17(15)24-3/h4-10,16,22H,11H2,1-3H3,(H,20,23)/t16-/m1/s1. The van der Waals surface area contributed by atoms with Crippen molar-refractivity contribution in [3.05, 3.63) is 58.6 Å². The quantitative estimate of drug-likeness (QED) is 0.842. The highest BCUT2D eigenvalue weighted by atomic mass is 35.5. The summed E-state index contributed by atoms with van der Waals surface area (Å²) in [6, 6.07) is 12.3. The molecule has 0 aliphatic heterocycles. The summed E-state index contributed by atoms with van der Waals surface area (Å²) in [6.07, 6.45) is -0.796. The van der Waals surface area contributed by atoms with Gasteiger partial charge in [-0.1, -0.05) is 23.7 Å². The van der Waals surface area contributed by atoms with E-state index in [9.17, 15) is 9.90 Å². The van der Waals surface area contributed by atoms with Gasteiger partial charge in [0.15, 0.2) is 0 Å². The highest BCUT2D eigenvalue weighted by Crippen LogP contribution is 2.23. The molecule has 0 saturated heterocycles. The minimum absolute atomic E-state index is 0.0931. The summed E-state index contributed by atoms with van der Waals surface area (Å²) in [4.78, 5) is 14.3. The Morgan fingerprint density at radius 1 is 1.25 bits per heavy atom. The van der Waals surface area contributed by atoms with Crippen LogP contribution in [0.15, 0.2) is 42.5 Å². The average molecular weight is 349 g/mol. The van der Waals surface area contributed by atoms with Gasteiger partial charge in [-0.15, -0.1) is 0 Å². The van der Waals surface area contributed by atoms with Crippen LogP contribution in [-0.2, 0) is 0 Å². The second-order valence-corrected chi connectivity index (χ2v) is 5.99. The van der Waals surface area contributed by atoms with Crippen LogP contribution in [0.2, 0.25) is 5.02 Å². The van der Waals surface area contributed by atoms with Crippen molar-refractivity contribution in [3.63, 3.8) is 0 Å². The van der Waals surface area contributed by atoms with Gasteiger partial charge in [0.25, 0.3) is 5.91 Å². The summed E-state index contributed by atoms with van der Waals surface area (Å²) in [5, 5.41) is 13.4. The fraction of sp³-hybridized carbons (Fsp3) is 0.278. The predicted octanol–water partition coefficient (Wildman–Crippen LogP) is 2.88. The first kappa shape index (κ1) is 18.1. The molecule has 2 aromatic carbocycles. The van der Waals surface area contributed by atoms with E-state index in [0.29, 0.717) is 16.3 Å². The molecule has 0 aliphatic carbocycles. The lowest BCUT2D eigenvalue weighted by Gasteiger charge is -2.16. The van der Waals surface area contributed by atoms with Gasteiger partial charge in [0.2, 0.25) is 0 Å². The molecule has 0 bridgehead atoms. The molecule has 0 fully saturated rings. The van der Waals surface area contributed by atoms with Crippen LogP contribution in [0, 0.1) is 0 Å². The van der Waals surface area contributed by atoms with Crippen LogP contribution in [0.3, 0.4) is 0 Å². The number of hydrogen-bond donors (Lipinski definition) is 2. The van der Waals surface area contributed by atoms with E-state index in [1.54, 1.807) is 12.1 Å². The van der Waals surface area contributed by atoms with Crippen molar-refractivity contribution in [1.29, 1.82) is 0 Å². The number of rotatable bonds is 6. The molecular weight excluding hydrogens is 328 g/mol. The van der Waals surface area contributed by atoms with Crippen molar-refractivity contribution in [2.24, 2.45) is 0 Å². The average Bonchev–Trinajstić information content (AvgIpc) is 2.59. The van der Waals surface area contributed by atoms with Crippen LogP contribution >= 0.6 is 11.6 Å². The van der Waals surface area contributed by atoms with Gasteiger partial charge in [-0.25, -0.2) is 0 Å². The monoisotopic (exact) mass is 348 g/mol. The minimum atomic E-state index is -0.796. The molecule has 24 heavy (non-hydrogen) atoms. The van der Waals surface area contributed by atoms with Gasteiger partial charge in [-0.3, -0.25) is 4.79 Å². The Hall–Kier alpha value is -2.24. The van der Waals surface area contributed by atoms with Crippen molar-refractivity contribution in [2.45, 2.75) is 6.10 Å². The molecule has 2 N–H and O–H groups in total. The maximum atomic E-state index is 12.3. The van der Waals surface area contributed by atoms with Crippen LogP contribution in [0.25, 0.3) is 0 Å². The number of nitrogens with zero attached hydrogens (tertiary/aromatic N) is 1. The maximum Gasteiger partial charge on any atom is 0.255 e. The predicted molar refractivity (Wildman–Crippen MR) is 96.1 cm³/mol. The van der Waals surface area contributed by atoms with Crippen molar-refractivity contribution < 1.29 is 14.6 Å². The summed E-state index contributed by atoms with van der Waals surface area (Å²) in [5.74, 6) is 0.0834. The Morgan fingerprint density at radius 2 is 1.92 bits per heavy atom. The van der Waals surface area contributed by atoms with E-state index in [4.69, 9.17) is 16.3 Å². The molecule has 2 aromatic rings. The Morgan fingerprint density at radius 3 is 2.50 bits per heavy atom. The topological polar surface area (TPSA) is 61.8 Å². The van der Waals surface area contributed by atoms with E-state index >= 15 is 0 Å². The summed E-state index contributed by atoms with van der Waals surface area (Å²) >= 11 is 5.93. The third kappa shape index (κ3) is 4.40. The Balaban J connectivity index is 2.02. The van der Waals surface area contributed by atoms with E-state index in [0.717, 1.165) is 11.3 Å². The Labute approximate surface area is 146 Å². The molecule has 5 nitrogen and oxygen atoms in total. The third-order valence-corrected chi connectivity index (χ3v) is 3.89. The summed E-state index contributed by atoms with van der Waals surface area (Å²) in [6.45, 7) is 0.0931. The molecule has 6 heteroatoms. The largest absolute Gasteiger partial charge is 0.496 e. The molecule has 0 aliphatic rings. The summed E-state index contributed by atoms with van der Waals surface area (Å²) in [7, 11) is 5.38. The Kier molecular flexibility index (Phi) is 6.06. The van der Waals surface area contributed by atoms with Crippen molar-refractivity contribution in [3.8, 4) is 5.75 Å². The molecule has 128 valence electrons. The van der Waals surface area contributed by atoms with Gasteiger partial charge in [-0.2, -0.15) is 0 Å². The lowest BCUT2D eigenvalue weighted by molar-refractivity contribution is 0.0913. The molecule has 0 aromatic heterocycles. The molecule has 1 atom stereocenters. The lowest BCUT2D eigenvalue weighted by Crippen LogP contribution is -2.28. The van der Waals surface area contributed by atoms with Crippen molar-refractivity contribution in [1.82, 2.24) is 5.32 Å². The zero-order valence-electron chi connectivity index (χ0n) is 13.9. The number of anilines is 1. The van der Waals surface area contributed by atoms with E-state index in [1.807, 2.05) is 43.3 Å². The van der Waals surface area contributed by atoms with E-state index in [-0.39, 0.29) is 12.5 Å². The number of halogens is 1. The first-order chi connectivity index (χ1) is 11.4. The van der Waals surface area contributed by atoms with Gasteiger partial charge >= 0.3 is 0 Å². The number of carbonyl (C=O) groups excluding carboxylic acids is 1. The second-order valence-electron chi connectivity index (χ2n) is 5.56. The molecule has 1 amide bonds. The summed E-state index contributed by atoms with van der Waals surface area (Å²) in [5.41, 5.74) is 2.11. The number of methoxy groups -OCH3 is 1. The molecule has 2 rings (SSSR count). The van der Waals surface area contributed by atoms with Gasteiger partial charge in [0, 0.05) is 31.4 Å². The first-order valence-corrected chi connectivity index (χ1v) is 7.87. The Bertz CT molecular complexity index is 702. The zero-order chi connectivity index (χ0) is 17.7. The van der Waals surface area contributed by atoms with Crippen LogP contribution in [0.5, 0.6) is 5.75 Å². The third-order valence-electron chi connectivity index (χ3n) is 3.66. The number of hydrogen-bond acceptors (Lipinski definition) is 4.